The van der Waals surface area contributed by atoms with E-state index in [2.05, 4.69) is 26.6 Å². The molecule has 2 amide bonds. The number of ether oxygens (including phenoxy) is 1. The largest absolute Gasteiger partial charge is 0.366 e. The molecule has 1 aromatic rings. The summed E-state index contributed by atoms with van der Waals surface area (Å²) >= 11 is 0. The third-order valence-corrected chi connectivity index (χ3v) is 2.73. The molecule has 2 N–H and O–H groups in total. The van der Waals surface area contributed by atoms with Gasteiger partial charge in [-0.05, 0) is 11.1 Å². The van der Waals surface area contributed by atoms with E-state index >= 15 is 0 Å². The number of terminal acetylenes is 1. The SMILES string of the molecule is C#CCOC[C@@H](NC(C)=O)C(=O)NCc1ccc(N=[N+]=[N-])cc1. The lowest BCUT2D eigenvalue weighted by molar-refractivity contribution is -0.129. The van der Waals surface area contributed by atoms with Gasteiger partial charge in [-0.3, -0.25) is 9.59 Å². The van der Waals surface area contributed by atoms with E-state index in [1.165, 1.54) is 6.92 Å². The van der Waals surface area contributed by atoms with Crippen LogP contribution in [-0.2, 0) is 20.9 Å². The molecule has 8 heteroatoms. The highest BCUT2D eigenvalue weighted by atomic mass is 16.5. The molecule has 0 unspecified atom stereocenters. The van der Waals surface area contributed by atoms with Gasteiger partial charge in [0.05, 0.1) is 6.61 Å². The van der Waals surface area contributed by atoms with Crippen molar-refractivity contribution >= 4 is 17.5 Å². The monoisotopic (exact) mass is 315 g/mol. The van der Waals surface area contributed by atoms with Crippen LogP contribution in [0.4, 0.5) is 5.69 Å². The molecule has 0 heterocycles. The van der Waals surface area contributed by atoms with E-state index in [1.807, 2.05) is 0 Å². The number of hydrogen-bond acceptors (Lipinski definition) is 4. The van der Waals surface area contributed by atoms with Crippen molar-refractivity contribution in [3.8, 4) is 12.3 Å². The molecule has 0 radical (unpaired) electrons. The standard InChI is InChI=1S/C15H17N5O3/c1-3-8-23-10-14(18-11(2)21)15(22)17-9-12-4-6-13(7-5-12)19-20-16/h1,4-7,14H,8-10H2,2H3,(H,17,22)(H,18,21)/t14-/m1/s1. The van der Waals surface area contributed by atoms with Gasteiger partial charge in [0.25, 0.3) is 0 Å². The Morgan fingerprint density at radius 1 is 1.43 bits per heavy atom. The molecule has 0 aliphatic rings. The molecule has 0 aromatic heterocycles. The topological polar surface area (TPSA) is 116 Å². The average molecular weight is 315 g/mol. The third kappa shape index (κ3) is 7.00. The average Bonchev–Trinajstić information content (AvgIpc) is 2.53. The lowest BCUT2D eigenvalue weighted by Crippen LogP contribution is -2.48. The molecule has 1 rings (SSSR count). The summed E-state index contributed by atoms with van der Waals surface area (Å²) < 4.78 is 5.10. The highest BCUT2D eigenvalue weighted by molar-refractivity contribution is 5.86. The summed E-state index contributed by atoms with van der Waals surface area (Å²) in [7, 11) is 0. The summed E-state index contributed by atoms with van der Waals surface area (Å²) in [6.07, 6.45) is 5.07. The van der Waals surface area contributed by atoms with E-state index in [-0.39, 0.29) is 31.6 Å². The Kier molecular flexibility index (Phi) is 7.72. The molecule has 0 aliphatic carbocycles. The Bertz CT molecular complexity index is 630. The zero-order chi connectivity index (χ0) is 17.1. The van der Waals surface area contributed by atoms with Crippen LogP contribution in [0.2, 0.25) is 0 Å². The van der Waals surface area contributed by atoms with E-state index in [1.54, 1.807) is 24.3 Å². The van der Waals surface area contributed by atoms with Crippen LogP contribution in [-0.4, -0.2) is 31.1 Å². The second-order valence-electron chi connectivity index (χ2n) is 4.55. The molecule has 0 saturated carbocycles. The fourth-order valence-electron chi connectivity index (χ4n) is 1.71. The van der Waals surface area contributed by atoms with E-state index in [0.717, 1.165) is 5.56 Å². The number of nitrogens with one attached hydrogen (secondary N) is 2. The lowest BCUT2D eigenvalue weighted by atomic mass is 10.2. The third-order valence-electron chi connectivity index (χ3n) is 2.73. The summed E-state index contributed by atoms with van der Waals surface area (Å²) in [5.74, 6) is 1.57. The Morgan fingerprint density at radius 2 is 2.13 bits per heavy atom. The smallest absolute Gasteiger partial charge is 0.245 e. The molecule has 0 fully saturated rings. The predicted octanol–water partition coefficient (Wildman–Crippen LogP) is 1.40. The number of carbonyl (C=O) groups excluding carboxylic acids is 2. The highest BCUT2D eigenvalue weighted by Gasteiger charge is 2.19. The van der Waals surface area contributed by atoms with E-state index < -0.39 is 6.04 Å². The van der Waals surface area contributed by atoms with Gasteiger partial charge in [-0.1, -0.05) is 35.3 Å². The van der Waals surface area contributed by atoms with Gasteiger partial charge in [0, 0.05) is 24.1 Å². The molecule has 23 heavy (non-hydrogen) atoms. The first-order valence-electron chi connectivity index (χ1n) is 6.77. The van der Waals surface area contributed by atoms with Crippen LogP contribution in [0.1, 0.15) is 12.5 Å². The second-order valence-corrected chi connectivity index (χ2v) is 4.55. The van der Waals surface area contributed by atoms with E-state index in [0.29, 0.717) is 5.69 Å². The van der Waals surface area contributed by atoms with Crippen LogP contribution in [0.3, 0.4) is 0 Å². The Morgan fingerprint density at radius 3 is 2.70 bits per heavy atom. The second kappa shape index (κ2) is 9.84. The van der Waals surface area contributed by atoms with Crippen LogP contribution < -0.4 is 10.6 Å². The zero-order valence-corrected chi connectivity index (χ0v) is 12.7. The summed E-state index contributed by atoms with van der Waals surface area (Å²) in [6, 6.07) is 5.92. The minimum Gasteiger partial charge on any atom is -0.366 e. The van der Waals surface area contributed by atoms with Crippen molar-refractivity contribution in [3.63, 3.8) is 0 Å². The minimum absolute atomic E-state index is 0.00850. The summed E-state index contributed by atoms with van der Waals surface area (Å²) in [5.41, 5.74) is 9.64. The molecule has 0 bridgehead atoms. The first kappa shape index (κ1) is 18.0. The Balaban J connectivity index is 2.57. The van der Waals surface area contributed by atoms with Crippen molar-refractivity contribution in [2.75, 3.05) is 13.2 Å². The number of azide groups is 1. The fraction of sp³-hybridized carbons (Fsp3) is 0.333. The van der Waals surface area contributed by atoms with Gasteiger partial charge in [-0.15, -0.1) is 6.42 Å². The maximum absolute atomic E-state index is 12.1. The maximum atomic E-state index is 12.1. The van der Waals surface area contributed by atoms with Gasteiger partial charge in [-0.2, -0.15) is 0 Å². The van der Waals surface area contributed by atoms with Crippen molar-refractivity contribution in [2.24, 2.45) is 5.11 Å². The molecule has 0 spiro atoms. The number of hydrogen-bond donors (Lipinski definition) is 2. The van der Waals surface area contributed by atoms with E-state index in [4.69, 9.17) is 16.7 Å². The van der Waals surface area contributed by atoms with E-state index in [9.17, 15) is 9.59 Å². The summed E-state index contributed by atoms with van der Waals surface area (Å²) in [5, 5.41) is 8.65. The lowest BCUT2D eigenvalue weighted by Gasteiger charge is -2.17. The molecule has 1 atom stereocenters. The van der Waals surface area contributed by atoms with Crippen LogP contribution in [0, 0.1) is 12.3 Å². The first-order chi connectivity index (χ1) is 11.1. The maximum Gasteiger partial charge on any atom is 0.245 e. The number of benzene rings is 1. The molecule has 0 aliphatic heterocycles. The van der Waals surface area contributed by atoms with Crippen molar-refractivity contribution < 1.29 is 14.3 Å². The predicted molar refractivity (Wildman–Crippen MR) is 84.4 cm³/mol. The molecule has 8 nitrogen and oxygen atoms in total. The van der Waals surface area contributed by atoms with Crippen molar-refractivity contribution in [3.05, 3.63) is 40.3 Å². The minimum atomic E-state index is -0.816. The van der Waals surface area contributed by atoms with Gasteiger partial charge < -0.3 is 15.4 Å². The quantitative estimate of drug-likeness (QED) is 0.248. The van der Waals surface area contributed by atoms with Crippen molar-refractivity contribution in [1.82, 2.24) is 10.6 Å². The zero-order valence-electron chi connectivity index (χ0n) is 12.7. The number of nitrogens with zero attached hydrogens (tertiary/aromatic N) is 3. The normalized spacial score (nSPS) is 10.8. The molecule has 120 valence electrons. The van der Waals surface area contributed by atoms with Crippen LogP contribution in [0.5, 0.6) is 0 Å². The molecule has 1 aromatic carbocycles. The first-order valence-corrected chi connectivity index (χ1v) is 6.77. The highest BCUT2D eigenvalue weighted by Crippen LogP contribution is 2.12. The van der Waals surface area contributed by atoms with Gasteiger partial charge in [0.15, 0.2) is 0 Å². The number of amides is 2. The summed E-state index contributed by atoms with van der Waals surface area (Å²) in [6.45, 7) is 1.63. The molecular formula is C15H17N5O3. The number of carbonyl (C=O) groups is 2. The van der Waals surface area contributed by atoms with Crippen LogP contribution in [0.15, 0.2) is 29.4 Å². The Labute approximate surface area is 133 Å². The molecular weight excluding hydrogens is 298 g/mol. The van der Waals surface area contributed by atoms with Crippen LogP contribution >= 0.6 is 0 Å². The van der Waals surface area contributed by atoms with Crippen LogP contribution in [0.25, 0.3) is 10.4 Å². The van der Waals surface area contributed by atoms with Crippen molar-refractivity contribution in [1.29, 1.82) is 0 Å². The van der Waals surface area contributed by atoms with Gasteiger partial charge in [-0.25, -0.2) is 0 Å². The van der Waals surface area contributed by atoms with Gasteiger partial charge in [0.1, 0.15) is 12.6 Å². The number of rotatable bonds is 8. The Hall–Kier alpha value is -3.01. The van der Waals surface area contributed by atoms with Gasteiger partial charge >= 0.3 is 0 Å². The van der Waals surface area contributed by atoms with Crippen molar-refractivity contribution in [2.45, 2.75) is 19.5 Å². The van der Waals surface area contributed by atoms with Gasteiger partial charge in [0.2, 0.25) is 11.8 Å². The fourth-order valence-corrected chi connectivity index (χ4v) is 1.71. The summed E-state index contributed by atoms with van der Waals surface area (Å²) in [4.78, 5) is 25.9. The molecule has 0 saturated heterocycles.